The second-order valence-electron chi connectivity index (χ2n) is 4.87. The first-order valence-corrected chi connectivity index (χ1v) is 8.04. The Balaban J connectivity index is 2.18. The van der Waals surface area contributed by atoms with Gasteiger partial charge in [0.25, 0.3) is 0 Å². The molecule has 8 heteroatoms. The molecule has 7 nitrogen and oxygen atoms in total. The Morgan fingerprint density at radius 1 is 1.48 bits per heavy atom. The van der Waals surface area contributed by atoms with Crippen LogP contribution in [0.25, 0.3) is 0 Å². The lowest BCUT2D eigenvalue weighted by molar-refractivity contribution is 0.269. The Labute approximate surface area is 123 Å². The van der Waals surface area contributed by atoms with Gasteiger partial charge in [-0.15, -0.1) is 0 Å². The van der Waals surface area contributed by atoms with Crippen LogP contribution in [0.1, 0.15) is 30.0 Å². The fourth-order valence-electron chi connectivity index (χ4n) is 2.15. The molecule has 0 aliphatic rings. The average Bonchev–Trinajstić information content (AvgIpc) is 2.96. The van der Waals surface area contributed by atoms with Gasteiger partial charge in [-0.05, 0) is 26.8 Å². The van der Waals surface area contributed by atoms with Crippen LogP contribution >= 0.6 is 0 Å². The first-order valence-electron chi connectivity index (χ1n) is 6.56. The molecule has 2 rings (SSSR count). The molecule has 0 spiro atoms. The molecule has 0 saturated heterocycles. The van der Waals surface area contributed by atoms with Crippen LogP contribution in [0, 0.1) is 13.8 Å². The fraction of sp³-hybridized carbons (Fsp3) is 0.462. The molecule has 0 fully saturated rings. The summed E-state index contributed by atoms with van der Waals surface area (Å²) in [4.78, 5) is 0.0701. The number of aliphatic hydroxyl groups is 1. The Morgan fingerprint density at radius 3 is 2.76 bits per heavy atom. The number of hydrogen-bond acceptors (Lipinski definition) is 5. The van der Waals surface area contributed by atoms with E-state index in [0.717, 1.165) is 11.3 Å². The molecule has 2 aromatic rings. The van der Waals surface area contributed by atoms with Crippen molar-refractivity contribution in [1.82, 2.24) is 14.5 Å². The maximum Gasteiger partial charge on any atom is 0.244 e. The summed E-state index contributed by atoms with van der Waals surface area (Å²) in [5.74, 6) is 1.43. The smallest absolute Gasteiger partial charge is 0.244 e. The van der Waals surface area contributed by atoms with Gasteiger partial charge in [-0.25, -0.2) is 13.1 Å². The second-order valence-corrected chi connectivity index (χ2v) is 6.59. The highest BCUT2D eigenvalue weighted by molar-refractivity contribution is 7.89. The predicted octanol–water partition coefficient (Wildman–Crippen LogP) is 1.12. The number of furan rings is 1. The van der Waals surface area contributed by atoms with Gasteiger partial charge in [-0.3, -0.25) is 4.68 Å². The van der Waals surface area contributed by atoms with E-state index in [4.69, 9.17) is 9.52 Å². The summed E-state index contributed by atoms with van der Waals surface area (Å²) in [5.41, 5.74) is 0.804. The van der Waals surface area contributed by atoms with E-state index in [9.17, 15) is 8.42 Å². The van der Waals surface area contributed by atoms with Crippen molar-refractivity contribution in [3.8, 4) is 0 Å². The van der Waals surface area contributed by atoms with Crippen LogP contribution < -0.4 is 4.72 Å². The maximum absolute atomic E-state index is 12.3. The van der Waals surface area contributed by atoms with Crippen LogP contribution in [0.4, 0.5) is 0 Å². The van der Waals surface area contributed by atoms with Crippen molar-refractivity contribution in [2.75, 3.05) is 6.61 Å². The lowest BCUT2D eigenvalue weighted by Gasteiger charge is -2.12. The number of aryl methyl sites for hydroxylation is 2. The van der Waals surface area contributed by atoms with Gasteiger partial charge in [-0.2, -0.15) is 5.10 Å². The largest absolute Gasteiger partial charge is 0.466 e. The number of hydrogen-bond donors (Lipinski definition) is 2. The molecule has 0 amide bonds. The highest BCUT2D eigenvalue weighted by Gasteiger charge is 2.22. The number of nitrogens with zero attached hydrogens (tertiary/aromatic N) is 2. The van der Waals surface area contributed by atoms with Crippen molar-refractivity contribution < 1.29 is 17.9 Å². The molecule has 0 aromatic carbocycles. The molecule has 2 N–H and O–H groups in total. The van der Waals surface area contributed by atoms with E-state index >= 15 is 0 Å². The molecule has 1 unspecified atom stereocenters. The fourth-order valence-corrected chi connectivity index (χ4v) is 3.33. The molecule has 116 valence electrons. The number of aromatic nitrogens is 2. The molecule has 0 radical (unpaired) electrons. The molecule has 0 bridgehead atoms. The van der Waals surface area contributed by atoms with Gasteiger partial charge < -0.3 is 9.52 Å². The quantitative estimate of drug-likeness (QED) is 0.833. The van der Waals surface area contributed by atoms with E-state index in [1.807, 2.05) is 13.0 Å². The summed E-state index contributed by atoms with van der Waals surface area (Å²) in [7, 11) is -3.67. The van der Waals surface area contributed by atoms with Crippen molar-refractivity contribution >= 4 is 10.0 Å². The van der Waals surface area contributed by atoms with Gasteiger partial charge in [0.05, 0.1) is 19.3 Å². The van der Waals surface area contributed by atoms with Crippen molar-refractivity contribution in [2.45, 2.75) is 38.3 Å². The zero-order chi connectivity index (χ0) is 15.6. The van der Waals surface area contributed by atoms with Crippen LogP contribution in [0.2, 0.25) is 0 Å². The maximum atomic E-state index is 12.3. The third-order valence-electron chi connectivity index (χ3n) is 3.13. The number of aliphatic hydroxyl groups excluding tert-OH is 1. The summed E-state index contributed by atoms with van der Waals surface area (Å²) in [6, 6.07) is 1.41. The van der Waals surface area contributed by atoms with E-state index in [0.29, 0.717) is 5.76 Å². The SMILES string of the molecule is Cc1cc(C(C)NS(=O)(=O)c2cnn(CCO)c2)c(C)o1. The van der Waals surface area contributed by atoms with Crippen molar-refractivity contribution in [2.24, 2.45) is 0 Å². The van der Waals surface area contributed by atoms with E-state index < -0.39 is 16.1 Å². The van der Waals surface area contributed by atoms with Crippen LogP contribution in [-0.4, -0.2) is 29.9 Å². The van der Waals surface area contributed by atoms with Crippen LogP contribution in [0.5, 0.6) is 0 Å². The minimum Gasteiger partial charge on any atom is -0.466 e. The van der Waals surface area contributed by atoms with Gasteiger partial charge in [0.1, 0.15) is 16.4 Å². The Morgan fingerprint density at radius 2 is 2.19 bits per heavy atom. The van der Waals surface area contributed by atoms with Gasteiger partial charge in [-0.1, -0.05) is 0 Å². The molecule has 21 heavy (non-hydrogen) atoms. The number of sulfonamides is 1. The lowest BCUT2D eigenvalue weighted by atomic mass is 10.1. The monoisotopic (exact) mass is 313 g/mol. The third-order valence-corrected chi connectivity index (χ3v) is 4.62. The van der Waals surface area contributed by atoms with E-state index in [2.05, 4.69) is 9.82 Å². The van der Waals surface area contributed by atoms with Crippen LogP contribution in [0.15, 0.2) is 27.8 Å². The first kappa shape index (κ1) is 15.7. The van der Waals surface area contributed by atoms with E-state index in [-0.39, 0.29) is 18.0 Å². The molecular formula is C13H19N3O4S. The molecule has 2 heterocycles. The van der Waals surface area contributed by atoms with Crippen molar-refractivity contribution in [1.29, 1.82) is 0 Å². The van der Waals surface area contributed by atoms with Gasteiger partial charge in [0.15, 0.2) is 0 Å². The second kappa shape index (κ2) is 6.00. The Kier molecular flexibility index (Phi) is 4.50. The molecular weight excluding hydrogens is 294 g/mol. The Hall–Kier alpha value is -1.64. The third kappa shape index (κ3) is 3.52. The van der Waals surface area contributed by atoms with Gasteiger partial charge >= 0.3 is 0 Å². The zero-order valence-electron chi connectivity index (χ0n) is 12.2. The normalized spacial score (nSPS) is 13.5. The minimum absolute atomic E-state index is 0.0701. The highest BCUT2D eigenvalue weighted by atomic mass is 32.2. The van der Waals surface area contributed by atoms with Crippen molar-refractivity contribution in [3.63, 3.8) is 0 Å². The molecule has 0 aliphatic carbocycles. The van der Waals surface area contributed by atoms with Crippen molar-refractivity contribution in [3.05, 3.63) is 35.5 Å². The average molecular weight is 313 g/mol. The molecule has 1 atom stereocenters. The standard InChI is InChI=1S/C13H19N3O4S/c1-9-6-13(11(3)20-9)10(2)15-21(18,19)12-7-14-16(8-12)4-5-17/h6-8,10,15,17H,4-5H2,1-3H3. The summed E-state index contributed by atoms with van der Waals surface area (Å²) in [6.45, 7) is 5.53. The highest BCUT2D eigenvalue weighted by Crippen LogP contribution is 2.23. The van der Waals surface area contributed by atoms with Crippen LogP contribution in [-0.2, 0) is 16.6 Å². The number of rotatable bonds is 6. The lowest BCUT2D eigenvalue weighted by Crippen LogP contribution is -2.26. The van der Waals surface area contributed by atoms with E-state index in [1.165, 1.54) is 17.1 Å². The predicted molar refractivity (Wildman–Crippen MR) is 76.2 cm³/mol. The topological polar surface area (TPSA) is 97.4 Å². The summed E-state index contributed by atoms with van der Waals surface area (Å²) >= 11 is 0. The number of nitrogens with one attached hydrogen (secondary N) is 1. The Bertz CT molecular complexity index is 718. The van der Waals surface area contributed by atoms with E-state index in [1.54, 1.807) is 13.8 Å². The van der Waals surface area contributed by atoms with Gasteiger partial charge in [0.2, 0.25) is 10.0 Å². The summed E-state index contributed by atoms with van der Waals surface area (Å²) in [5, 5.41) is 12.7. The van der Waals surface area contributed by atoms with Gasteiger partial charge in [0, 0.05) is 17.8 Å². The molecule has 0 aliphatic heterocycles. The summed E-state index contributed by atoms with van der Waals surface area (Å²) in [6.07, 6.45) is 2.65. The molecule has 2 aromatic heterocycles. The zero-order valence-corrected chi connectivity index (χ0v) is 13.0. The molecule has 0 saturated carbocycles. The first-order chi connectivity index (χ1) is 9.83. The minimum atomic E-state index is -3.67. The summed E-state index contributed by atoms with van der Waals surface area (Å²) < 4.78 is 34.0. The van der Waals surface area contributed by atoms with Crippen LogP contribution in [0.3, 0.4) is 0 Å².